The molecule has 1 fully saturated rings. The highest BCUT2D eigenvalue weighted by molar-refractivity contribution is 7.85. The lowest BCUT2D eigenvalue weighted by Crippen LogP contribution is -2.54. The largest absolute Gasteiger partial charge is 0.369 e. The number of carbonyl (C=O) groups excluding carboxylic acids is 1. The number of nitrogens with zero attached hydrogens (tertiary/aromatic N) is 4. The third kappa shape index (κ3) is 4.93. The number of halogens is 2. The number of carbonyl (C=O) groups is 1. The van der Waals surface area contributed by atoms with Gasteiger partial charge in [0.25, 0.3) is 0 Å². The second-order valence-corrected chi connectivity index (χ2v) is 10.1. The lowest BCUT2D eigenvalue weighted by atomic mass is 9.94. The van der Waals surface area contributed by atoms with Crippen LogP contribution in [0.25, 0.3) is 11.1 Å². The SMILES string of the molecule is Cc1nc(N(C)C(=O)C2CN(c3ccc(-c4cc(F)ccc4F)cc3C#CC#N)C2)sc1S(N)=O. The minimum absolute atomic E-state index is 0.0892. The molecule has 178 valence electrons. The third-order valence-corrected chi connectivity index (χ3v) is 8.04. The first kappa shape index (κ1) is 24.5. The van der Waals surface area contributed by atoms with Crippen LogP contribution >= 0.6 is 11.3 Å². The van der Waals surface area contributed by atoms with E-state index in [9.17, 15) is 17.8 Å². The lowest BCUT2D eigenvalue weighted by Gasteiger charge is -2.41. The minimum atomic E-state index is -1.67. The maximum atomic E-state index is 14.3. The van der Waals surface area contributed by atoms with E-state index in [2.05, 4.69) is 16.8 Å². The van der Waals surface area contributed by atoms with Gasteiger partial charge in [-0.05, 0) is 48.7 Å². The molecule has 1 aliphatic heterocycles. The van der Waals surface area contributed by atoms with Gasteiger partial charge in [-0.1, -0.05) is 17.4 Å². The predicted octanol–water partition coefficient (Wildman–Crippen LogP) is 3.35. The molecule has 1 atom stereocenters. The molecule has 1 unspecified atom stereocenters. The monoisotopic (exact) mass is 511 g/mol. The molecule has 7 nitrogen and oxygen atoms in total. The summed E-state index contributed by atoms with van der Waals surface area (Å²) in [5.74, 6) is 3.50. The van der Waals surface area contributed by atoms with E-state index in [-0.39, 0.29) is 17.4 Å². The summed E-state index contributed by atoms with van der Waals surface area (Å²) in [6.07, 6.45) is 0. The van der Waals surface area contributed by atoms with Crippen molar-refractivity contribution in [3.63, 3.8) is 0 Å². The predicted molar refractivity (Wildman–Crippen MR) is 131 cm³/mol. The smallest absolute Gasteiger partial charge is 0.235 e. The number of nitrogens with two attached hydrogens (primary N) is 1. The zero-order valence-corrected chi connectivity index (χ0v) is 20.3. The number of amides is 1. The fourth-order valence-electron chi connectivity index (χ4n) is 3.79. The molecule has 0 spiro atoms. The van der Waals surface area contributed by atoms with Crippen molar-refractivity contribution in [3.8, 4) is 29.0 Å². The molecule has 1 aromatic heterocycles. The molecule has 0 radical (unpaired) electrons. The molecule has 11 heteroatoms. The Labute approximate surface area is 207 Å². The average Bonchev–Trinajstić information content (AvgIpc) is 3.20. The summed E-state index contributed by atoms with van der Waals surface area (Å²) in [7, 11) is -0.0636. The van der Waals surface area contributed by atoms with Crippen molar-refractivity contribution in [2.45, 2.75) is 11.1 Å². The van der Waals surface area contributed by atoms with E-state index in [1.807, 2.05) is 4.90 Å². The van der Waals surface area contributed by atoms with Crippen molar-refractivity contribution < 1.29 is 17.8 Å². The van der Waals surface area contributed by atoms with Crippen LogP contribution in [0.2, 0.25) is 0 Å². The number of hydrogen-bond donors (Lipinski definition) is 1. The summed E-state index contributed by atoms with van der Waals surface area (Å²) in [6.45, 7) is 2.49. The summed E-state index contributed by atoms with van der Waals surface area (Å²) in [5.41, 5.74) is 2.19. The van der Waals surface area contributed by atoms with E-state index in [0.29, 0.717) is 44.9 Å². The Morgan fingerprint density at radius 2 is 2.03 bits per heavy atom. The zero-order valence-electron chi connectivity index (χ0n) is 18.7. The molecule has 1 saturated heterocycles. The van der Waals surface area contributed by atoms with E-state index in [4.69, 9.17) is 10.4 Å². The number of rotatable bonds is 5. The van der Waals surface area contributed by atoms with Crippen LogP contribution in [0.1, 0.15) is 11.3 Å². The molecule has 0 aliphatic carbocycles. The van der Waals surface area contributed by atoms with Crippen LogP contribution in [0, 0.1) is 47.6 Å². The first-order valence-electron chi connectivity index (χ1n) is 10.3. The van der Waals surface area contributed by atoms with Gasteiger partial charge in [-0.2, -0.15) is 5.26 Å². The first-order valence-corrected chi connectivity index (χ1v) is 12.4. The molecule has 2 N–H and O–H groups in total. The molecule has 3 aromatic rings. The van der Waals surface area contributed by atoms with Crippen molar-refractivity contribution in [1.29, 1.82) is 5.26 Å². The zero-order chi connectivity index (χ0) is 25.3. The third-order valence-electron chi connectivity index (χ3n) is 5.60. The molecule has 2 heterocycles. The van der Waals surface area contributed by atoms with Crippen LogP contribution in [-0.4, -0.2) is 35.2 Å². The summed E-state index contributed by atoms with van der Waals surface area (Å²) < 4.78 is 40.0. The van der Waals surface area contributed by atoms with Crippen LogP contribution in [0.5, 0.6) is 0 Å². The number of hydrogen-bond acceptors (Lipinski definition) is 6. The van der Waals surface area contributed by atoms with Crippen molar-refractivity contribution in [2.75, 3.05) is 29.9 Å². The molecule has 35 heavy (non-hydrogen) atoms. The molecular weight excluding hydrogens is 492 g/mol. The molecular formula is C24H19F2N5O2S2. The second kappa shape index (κ2) is 9.92. The molecule has 2 aromatic carbocycles. The van der Waals surface area contributed by atoms with Gasteiger partial charge in [0.15, 0.2) is 11.2 Å². The Hall–Kier alpha value is -3.64. The number of nitriles is 1. The number of aromatic nitrogens is 1. The number of aryl methyl sites for hydroxylation is 1. The quantitative estimate of drug-likeness (QED) is 0.529. The van der Waals surface area contributed by atoms with Gasteiger partial charge in [-0.15, -0.1) is 0 Å². The normalized spacial score (nSPS) is 13.9. The van der Waals surface area contributed by atoms with Crippen molar-refractivity contribution >= 4 is 39.0 Å². The Balaban J connectivity index is 1.54. The summed E-state index contributed by atoms with van der Waals surface area (Å²) >= 11 is 1.12. The Kier molecular flexibility index (Phi) is 6.94. The summed E-state index contributed by atoms with van der Waals surface area (Å²) in [5, 5.41) is 14.8. The van der Waals surface area contributed by atoms with Crippen molar-refractivity contribution in [3.05, 3.63) is 59.3 Å². The first-order chi connectivity index (χ1) is 16.7. The topological polar surface area (TPSA) is 103 Å². The fourth-order valence-corrected chi connectivity index (χ4v) is 5.45. The number of benzene rings is 2. The van der Waals surface area contributed by atoms with E-state index in [0.717, 1.165) is 29.5 Å². The van der Waals surface area contributed by atoms with Gasteiger partial charge in [0.05, 0.1) is 17.3 Å². The second-order valence-electron chi connectivity index (χ2n) is 7.88. The standard InChI is InChI=1S/C24H19F2N5O2S2/c1-14-23(35(28)33)34-24(29-14)30(2)22(32)17-12-31(13-17)21-8-5-15(10-16(21)4-3-9-27)19-11-18(25)6-7-20(19)26/h5-8,10-11,17H,12-13,28H2,1-2H3. The lowest BCUT2D eigenvalue weighted by molar-refractivity contribution is -0.122. The maximum Gasteiger partial charge on any atom is 0.235 e. The van der Waals surface area contributed by atoms with Crippen LogP contribution in [0.15, 0.2) is 40.6 Å². The van der Waals surface area contributed by atoms with Crippen LogP contribution in [0.4, 0.5) is 19.6 Å². The highest BCUT2D eigenvalue weighted by Gasteiger charge is 2.36. The average molecular weight is 512 g/mol. The Bertz CT molecular complexity index is 1450. The van der Waals surface area contributed by atoms with Gasteiger partial charge in [0.1, 0.15) is 26.8 Å². The van der Waals surface area contributed by atoms with Gasteiger partial charge in [0.2, 0.25) is 5.91 Å². The number of anilines is 2. The van der Waals surface area contributed by atoms with Crippen LogP contribution in [0.3, 0.4) is 0 Å². The van der Waals surface area contributed by atoms with Gasteiger partial charge >= 0.3 is 0 Å². The fraction of sp³-hybridized carbons (Fsp3) is 0.208. The molecule has 0 saturated carbocycles. The van der Waals surface area contributed by atoms with Gasteiger partial charge in [-0.25, -0.2) is 23.1 Å². The van der Waals surface area contributed by atoms with Gasteiger partial charge in [0, 0.05) is 37.2 Å². The van der Waals surface area contributed by atoms with E-state index in [1.165, 1.54) is 4.90 Å². The summed E-state index contributed by atoms with van der Waals surface area (Å²) in [6, 6.07) is 9.94. The molecule has 1 aliphatic rings. The van der Waals surface area contributed by atoms with Crippen molar-refractivity contribution in [2.24, 2.45) is 11.1 Å². The highest BCUT2D eigenvalue weighted by Crippen LogP contribution is 2.34. The van der Waals surface area contributed by atoms with Gasteiger partial charge in [-0.3, -0.25) is 9.69 Å². The molecule has 0 bridgehead atoms. The van der Waals surface area contributed by atoms with Crippen molar-refractivity contribution in [1.82, 2.24) is 4.98 Å². The van der Waals surface area contributed by atoms with Gasteiger partial charge < -0.3 is 4.90 Å². The molecule has 1 amide bonds. The molecule has 4 rings (SSSR count). The van der Waals surface area contributed by atoms with E-state index in [1.54, 1.807) is 38.2 Å². The Morgan fingerprint density at radius 3 is 2.69 bits per heavy atom. The minimum Gasteiger partial charge on any atom is -0.369 e. The highest BCUT2D eigenvalue weighted by atomic mass is 32.2. The number of thiazole rings is 1. The Morgan fingerprint density at radius 1 is 1.29 bits per heavy atom. The maximum absolute atomic E-state index is 14.3. The van der Waals surface area contributed by atoms with E-state index < -0.39 is 22.6 Å². The van der Waals surface area contributed by atoms with Crippen LogP contribution < -0.4 is 14.9 Å². The van der Waals surface area contributed by atoms with Crippen LogP contribution in [-0.2, 0) is 15.8 Å². The summed E-state index contributed by atoms with van der Waals surface area (Å²) in [4.78, 5) is 20.6. The van der Waals surface area contributed by atoms with E-state index >= 15 is 0 Å².